The van der Waals surface area contributed by atoms with Gasteiger partial charge in [-0.25, -0.2) is 0 Å². The Morgan fingerprint density at radius 2 is 1.89 bits per heavy atom. The van der Waals surface area contributed by atoms with Crippen LogP contribution in [0.25, 0.3) is 0 Å². The molecule has 0 unspecified atom stereocenters. The van der Waals surface area contributed by atoms with E-state index in [1.165, 1.54) is 62.6 Å². The van der Waals surface area contributed by atoms with Gasteiger partial charge in [0.25, 0.3) is 0 Å². The normalized spacial score (nSPS) is 32.3. The molecule has 1 nitrogen and oxygen atoms in total. The Hall–Kier alpha value is -0.720. The van der Waals surface area contributed by atoms with Gasteiger partial charge in [0.15, 0.2) is 0 Å². The predicted octanol–water partition coefficient (Wildman–Crippen LogP) is 5.05. The lowest BCUT2D eigenvalue weighted by atomic mass is 9.73. The Bertz CT molecular complexity index is 345. The molecule has 1 saturated carbocycles. The van der Waals surface area contributed by atoms with Gasteiger partial charge in [-0.3, -0.25) is 0 Å². The minimum atomic E-state index is 0.812. The van der Waals surface area contributed by atoms with Crippen molar-refractivity contribution in [1.82, 2.24) is 5.32 Å². The molecule has 0 bridgehead atoms. The molecule has 2 rings (SSSR count). The lowest BCUT2D eigenvalue weighted by Crippen LogP contribution is -2.22. The van der Waals surface area contributed by atoms with Gasteiger partial charge in [0.2, 0.25) is 0 Å². The molecule has 1 atom stereocenters. The summed E-state index contributed by atoms with van der Waals surface area (Å²) in [4.78, 5) is 0. The van der Waals surface area contributed by atoms with Gasteiger partial charge >= 0.3 is 0 Å². The zero-order chi connectivity index (χ0) is 13.8. The molecule has 19 heavy (non-hydrogen) atoms. The van der Waals surface area contributed by atoms with E-state index >= 15 is 0 Å². The maximum Gasteiger partial charge on any atom is 0.00959 e. The molecule has 108 valence electrons. The molecule has 0 amide bonds. The second-order valence-corrected chi connectivity index (χ2v) is 6.80. The van der Waals surface area contributed by atoms with E-state index < -0.39 is 0 Å². The van der Waals surface area contributed by atoms with Crippen molar-refractivity contribution >= 4 is 0 Å². The van der Waals surface area contributed by atoms with Crippen LogP contribution in [0.3, 0.4) is 0 Å². The number of hydrogen-bond acceptors (Lipinski definition) is 1. The molecule has 0 spiro atoms. The molecule has 0 aromatic heterocycles. The Balaban J connectivity index is 1.87. The van der Waals surface area contributed by atoms with Gasteiger partial charge in [-0.15, -0.1) is 0 Å². The maximum absolute atomic E-state index is 4.14. The van der Waals surface area contributed by atoms with Gasteiger partial charge < -0.3 is 5.32 Å². The van der Waals surface area contributed by atoms with Crippen molar-refractivity contribution in [2.75, 3.05) is 7.05 Å². The molecule has 2 aliphatic carbocycles. The summed E-state index contributed by atoms with van der Waals surface area (Å²) in [5.74, 6) is 2.63. The van der Waals surface area contributed by atoms with E-state index in [1.54, 1.807) is 5.57 Å². The average Bonchev–Trinajstić information content (AvgIpc) is 2.42. The first-order valence-corrected chi connectivity index (χ1v) is 8.14. The number of rotatable bonds is 4. The van der Waals surface area contributed by atoms with E-state index in [0.29, 0.717) is 0 Å². The van der Waals surface area contributed by atoms with Crippen LogP contribution in [0.4, 0.5) is 0 Å². The highest BCUT2D eigenvalue weighted by molar-refractivity contribution is 5.16. The largest absolute Gasteiger partial charge is 0.391 e. The molecular formula is C18H31N. The van der Waals surface area contributed by atoms with Gasteiger partial charge in [0.1, 0.15) is 0 Å². The van der Waals surface area contributed by atoms with Gasteiger partial charge in [-0.05, 0) is 83.0 Å². The maximum atomic E-state index is 4.14. The quantitative estimate of drug-likeness (QED) is 0.698. The summed E-state index contributed by atoms with van der Waals surface area (Å²) in [6.45, 7) is 8.70. The first-order valence-electron chi connectivity index (χ1n) is 8.14. The van der Waals surface area contributed by atoms with Crippen LogP contribution in [0.2, 0.25) is 0 Å². The fraction of sp³-hybridized carbons (Fsp3) is 0.778. The molecule has 1 fully saturated rings. The Labute approximate surface area is 119 Å². The Morgan fingerprint density at radius 3 is 2.47 bits per heavy atom. The molecular weight excluding hydrogens is 230 g/mol. The highest BCUT2D eigenvalue weighted by Gasteiger charge is 2.26. The molecule has 0 aromatic rings. The zero-order valence-electron chi connectivity index (χ0n) is 13.1. The summed E-state index contributed by atoms with van der Waals surface area (Å²) in [5.41, 5.74) is 4.58. The van der Waals surface area contributed by atoms with Crippen LogP contribution in [0, 0.1) is 17.8 Å². The lowest BCUT2D eigenvalue weighted by molar-refractivity contribution is 0.254. The standard InChI is InChI=1S/C18H31N/c1-13(2)16-10-8-15(9-11-16)12-17-6-5-7-18(19-4)14(17)3/h15-17,19H,1,5-12H2,2-4H3/t15?,16?,17-/m0/s1. The van der Waals surface area contributed by atoms with E-state index in [1.807, 2.05) is 0 Å². The summed E-state index contributed by atoms with van der Waals surface area (Å²) in [7, 11) is 2.08. The first-order chi connectivity index (χ1) is 9.11. The van der Waals surface area contributed by atoms with Crippen molar-refractivity contribution in [3.05, 3.63) is 23.4 Å². The highest BCUT2D eigenvalue weighted by Crippen LogP contribution is 2.39. The fourth-order valence-electron chi connectivity index (χ4n) is 4.10. The third-order valence-electron chi connectivity index (χ3n) is 5.53. The zero-order valence-corrected chi connectivity index (χ0v) is 13.1. The summed E-state index contributed by atoms with van der Waals surface area (Å²) >= 11 is 0. The number of allylic oxidation sites excluding steroid dienone is 3. The molecule has 0 saturated heterocycles. The smallest absolute Gasteiger partial charge is 0.00959 e. The SMILES string of the molecule is C=C(C)C1CCC(C[C@@H]2CCCC(NC)=C2C)CC1. The lowest BCUT2D eigenvalue weighted by Gasteiger charge is -2.33. The monoisotopic (exact) mass is 261 g/mol. The summed E-state index contributed by atoms with van der Waals surface area (Å²) < 4.78 is 0. The topological polar surface area (TPSA) is 12.0 Å². The third kappa shape index (κ3) is 3.64. The van der Waals surface area contributed by atoms with Crippen molar-refractivity contribution in [2.45, 2.75) is 65.2 Å². The van der Waals surface area contributed by atoms with Gasteiger partial charge in [-0.1, -0.05) is 17.7 Å². The number of nitrogens with one attached hydrogen (secondary N) is 1. The molecule has 2 aliphatic rings. The van der Waals surface area contributed by atoms with Gasteiger partial charge in [-0.2, -0.15) is 0 Å². The van der Waals surface area contributed by atoms with Crippen molar-refractivity contribution < 1.29 is 0 Å². The van der Waals surface area contributed by atoms with Crippen molar-refractivity contribution in [3.63, 3.8) is 0 Å². The number of hydrogen-bond donors (Lipinski definition) is 1. The van der Waals surface area contributed by atoms with Crippen molar-refractivity contribution in [2.24, 2.45) is 17.8 Å². The average molecular weight is 261 g/mol. The van der Waals surface area contributed by atoms with E-state index in [2.05, 4.69) is 32.8 Å². The molecule has 0 aromatic carbocycles. The molecule has 1 N–H and O–H groups in total. The van der Waals surface area contributed by atoms with Crippen LogP contribution in [-0.4, -0.2) is 7.05 Å². The minimum Gasteiger partial charge on any atom is -0.391 e. The van der Waals surface area contributed by atoms with E-state index in [-0.39, 0.29) is 0 Å². The molecule has 0 aliphatic heterocycles. The van der Waals surface area contributed by atoms with E-state index in [4.69, 9.17) is 0 Å². The van der Waals surface area contributed by atoms with Crippen LogP contribution in [0.15, 0.2) is 23.4 Å². The summed E-state index contributed by atoms with van der Waals surface area (Å²) in [6.07, 6.45) is 11.1. The highest BCUT2D eigenvalue weighted by atomic mass is 14.8. The molecule has 0 radical (unpaired) electrons. The minimum absolute atomic E-state index is 0.812. The van der Waals surface area contributed by atoms with Crippen LogP contribution >= 0.6 is 0 Å². The van der Waals surface area contributed by atoms with Crippen LogP contribution in [0.1, 0.15) is 65.2 Å². The van der Waals surface area contributed by atoms with Gasteiger partial charge in [0.05, 0.1) is 0 Å². The second-order valence-electron chi connectivity index (χ2n) is 6.80. The van der Waals surface area contributed by atoms with Crippen molar-refractivity contribution in [3.8, 4) is 0 Å². The second kappa shape index (κ2) is 6.63. The van der Waals surface area contributed by atoms with Crippen LogP contribution in [-0.2, 0) is 0 Å². The molecule has 0 heterocycles. The molecule has 1 heteroatoms. The van der Waals surface area contributed by atoms with Crippen LogP contribution in [0.5, 0.6) is 0 Å². The Morgan fingerprint density at radius 1 is 1.21 bits per heavy atom. The van der Waals surface area contributed by atoms with Gasteiger partial charge in [0, 0.05) is 12.7 Å². The fourth-order valence-corrected chi connectivity index (χ4v) is 4.10. The third-order valence-corrected chi connectivity index (χ3v) is 5.53. The van der Waals surface area contributed by atoms with Crippen molar-refractivity contribution in [1.29, 1.82) is 0 Å². The van der Waals surface area contributed by atoms with E-state index in [9.17, 15) is 0 Å². The first kappa shape index (κ1) is 14.7. The predicted molar refractivity (Wildman–Crippen MR) is 84.0 cm³/mol. The van der Waals surface area contributed by atoms with Crippen LogP contribution < -0.4 is 5.32 Å². The summed E-state index contributed by atoms with van der Waals surface area (Å²) in [6, 6.07) is 0. The Kier molecular flexibility index (Phi) is 5.13. The van der Waals surface area contributed by atoms with E-state index in [0.717, 1.165) is 17.8 Å². The summed E-state index contributed by atoms with van der Waals surface area (Å²) in [5, 5.41) is 3.41.